The molecule has 2 N–H and O–H groups in total. The lowest BCUT2D eigenvalue weighted by molar-refractivity contribution is -0.763. The van der Waals surface area contributed by atoms with Gasteiger partial charge in [-0.05, 0) is 54.8 Å². The highest BCUT2D eigenvalue weighted by atomic mass is 19.1. The molecule has 4 rings (SSSR count). The van der Waals surface area contributed by atoms with Crippen LogP contribution < -0.4 is 0 Å². The Morgan fingerprint density at radius 1 is 1.00 bits per heavy atom. The lowest BCUT2D eigenvalue weighted by Crippen LogP contribution is -2.21. The average Bonchev–Trinajstić information content (AvgIpc) is 3.29. The third-order valence-electron chi connectivity index (χ3n) is 6.82. The molecule has 1 heterocycles. The highest BCUT2D eigenvalue weighted by Crippen LogP contribution is 2.38. The third-order valence-corrected chi connectivity index (χ3v) is 6.82. The number of nitrogens with zero attached hydrogens (tertiary/aromatic N) is 2. The van der Waals surface area contributed by atoms with E-state index in [2.05, 4.69) is 23.3 Å². The van der Waals surface area contributed by atoms with Gasteiger partial charge in [-0.25, -0.2) is 4.39 Å². The van der Waals surface area contributed by atoms with Gasteiger partial charge in [0.2, 0.25) is 0 Å². The van der Waals surface area contributed by atoms with Gasteiger partial charge in [-0.2, -0.15) is 0 Å². The molecule has 10 heteroatoms. The Hall–Kier alpha value is -4.54. The van der Waals surface area contributed by atoms with Crippen LogP contribution in [-0.4, -0.2) is 38.0 Å². The van der Waals surface area contributed by atoms with Crippen LogP contribution in [0.1, 0.15) is 49.6 Å². The van der Waals surface area contributed by atoms with Crippen molar-refractivity contribution in [1.29, 1.82) is 0 Å². The number of hydrogen-bond donors (Lipinski definition) is 2. The number of aromatic nitrogens is 1. The van der Waals surface area contributed by atoms with Gasteiger partial charge in [0, 0.05) is 34.6 Å². The maximum absolute atomic E-state index is 13.7. The number of aliphatic hydroxyl groups excluding tert-OH is 2. The molecule has 0 amide bonds. The summed E-state index contributed by atoms with van der Waals surface area (Å²) < 4.78 is 21.1. The zero-order valence-electron chi connectivity index (χ0n) is 23.4. The third kappa shape index (κ3) is 7.59. The molecule has 0 aliphatic rings. The summed E-state index contributed by atoms with van der Waals surface area (Å²) in [5.74, 6) is -1.01. The molecule has 0 radical (unpaired) electrons. The number of halogens is 1. The second kappa shape index (κ2) is 13.9. The Labute approximate surface area is 242 Å². The van der Waals surface area contributed by atoms with E-state index in [-0.39, 0.29) is 37.9 Å². The van der Waals surface area contributed by atoms with Crippen LogP contribution in [0, 0.1) is 15.9 Å². The van der Waals surface area contributed by atoms with Gasteiger partial charge in [0.25, 0.3) is 5.09 Å². The lowest BCUT2D eigenvalue weighted by atomic mass is 10.0. The number of rotatable bonds is 13. The van der Waals surface area contributed by atoms with E-state index in [0.29, 0.717) is 11.1 Å². The van der Waals surface area contributed by atoms with E-state index in [9.17, 15) is 29.5 Å². The summed E-state index contributed by atoms with van der Waals surface area (Å²) in [5.41, 5.74) is 4.59. The lowest BCUT2D eigenvalue weighted by Gasteiger charge is -2.15. The number of ether oxygens (including phenoxy) is 1. The van der Waals surface area contributed by atoms with Crippen molar-refractivity contribution in [3.05, 3.63) is 112 Å². The number of carbonyl (C=O) groups excluding carboxylic acids is 1. The molecule has 0 saturated heterocycles. The highest BCUT2D eigenvalue weighted by Gasteiger charge is 2.20. The van der Waals surface area contributed by atoms with Gasteiger partial charge in [0.15, 0.2) is 0 Å². The molecule has 0 spiro atoms. The fourth-order valence-electron chi connectivity index (χ4n) is 4.94. The van der Waals surface area contributed by atoms with Gasteiger partial charge < -0.3 is 24.4 Å². The Morgan fingerprint density at radius 2 is 1.64 bits per heavy atom. The normalized spacial score (nSPS) is 13.0. The van der Waals surface area contributed by atoms with Crippen molar-refractivity contribution in [3.8, 4) is 11.1 Å². The van der Waals surface area contributed by atoms with Crippen LogP contribution in [0.15, 0.2) is 78.9 Å². The van der Waals surface area contributed by atoms with E-state index in [0.717, 1.165) is 27.7 Å². The molecule has 0 saturated carbocycles. The van der Waals surface area contributed by atoms with E-state index in [1.165, 1.54) is 12.1 Å². The molecule has 4 aromatic rings. The molecule has 0 aliphatic heterocycles. The van der Waals surface area contributed by atoms with E-state index in [1.807, 2.05) is 24.3 Å². The van der Waals surface area contributed by atoms with Crippen molar-refractivity contribution < 1.29 is 34.1 Å². The average molecular weight is 577 g/mol. The summed E-state index contributed by atoms with van der Waals surface area (Å²) in [6, 6.07) is 20.9. The predicted molar refractivity (Wildman–Crippen MR) is 156 cm³/mol. The van der Waals surface area contributed by atoms with Crippen LogP contribution in [0.25, 0.3) is 28.1 Å². The molecule has 0 bridgehead atoms. The van der Waals surface area contributed by atoms with Gasteiger partial charge in [-0.3, -0.25) is 4.79 Å². The monoisotopic (exact) mass is 576 g/mol. The summed E-state index contributed by atoms with van der Waals surface area (Å²) in [7, 11) is 0. The number of hydrogen-bond acceptors (Lipinski definition) is 7. The van der Waals surface area contributed by atoms with Crippen LogP contribution in [0.5, 0.6) is 0 Å². The van der Waals surface area contributed by atoms with Crippen molar-refractivity contribution >= 4 is 22.9 Å². The highest BCUT2D eigenvalue weighted by molar-refractivity contribution is 6.01. The van der Waals surface area contributed by atoms with Gasteiger partial charge >= 0.3 is 5.97 Å². The molecule has 42 heavy (non-hydrogen) atoms. The topological polar surface area (TPSA) is 124 Å². The minimum absolute atomic E-state index is 0.0810. The number of esters is 1. The number of para-hydroxylation sites is 1. The SMILES string of the molecule is CC(C)n1c(/C=C/[C@@H](O)C[C@@H](O)CC(=O)OCc2ccccc2CO[N+](=O)[O-])c(-c2ccc(F)cc2)c2ccccc21. The van der Waals surface area contributed by atoms with E-state index < -0.39 is 23.3 Å². The number of benzene rings is 3. The first kappa shape index (κ1) is 30.4. The standard InChI is InChI=1S/C32H33FN2O7/c1-21(2)34-29-10-6-5-9-28(29)32(22-11-13-25(33)14-12-22)30(34)16-15-26(36)17-27(37)18-31(38)41-19-23-7-3-4-8-24(23)20-42-35(39)40/h3-16,21,26-27,36-37H,17-20H2,1-2H3/b16-15+/t26-,27-/m1/s1. The molecule has 3 aromatic carbocycles. The van der Waals surface area contributed by atoms with E-state index in [4.69, 9.17) is 4.74 Å². The van der Waals surface area contributed by atoms with E-state index >= 15 is 0 Å². The van der Waals surface area contributed by atoms with Crippen LogP contribution in [0.4, 0.5) is 4.39 Å². The van der Waals surface area contributed by atoms with Crippen molar-refractivity contribution in [2.24, 2.45) is 0 Å². The van der Waals surface area contributed by atoms with Crippen molar-refractivity contribution in [2.45, 2.75) is 58.2 Å². The minimum Gasteiger partial charge on any atom is -0.461 e. The maximum atomic E-state index is 13.7. The van der Waals surface area contributed by atoms with E-state index in [1.54, 1.807) is 48.6 Å². The predicted octanol–water partition coefficient (Wildman–Crippen LogP) is 6.00. The number of aliphatic hydroxyl groups is 2. The molecular formula is C32H33FN2O7. The Kier molecular flexibility index (Phi) is 10.1. The van der Waals surface area contributed by atoms with Gasteiger partial charge in [0.05, 0.1) is 18.6 Å². The molecule has 1 aromatic heterocycles. The van der Waals surface area contributed by atoms with Gasteiger partial charge in [0.1, 0.15) is 19.0 Å². The smallest absolute Gasteiger partial charge is 0.308 e. The molecule has 0 aliphatic carbocycles. The number of carbonyl (C=O) groups is 1. The van der Waals surface area contributed by atoms with Gasteiger partial charge in [-0.1, -0.05) is 60.7 Å². The Bertz CT molecular complexity index is 1560. The summed E-state index contributed by atoms with van der Waals surface area (Å²) in [6.45, 7) is 3.69. The largest absolute Gasteiger partial charge is 0.461 e. The second-order valence-corrected chi connectivity index (χ2v) is 10.2. The summed E-state index contributed by atoms with van der Waals surface area (Å²) in [5, 5.41) is 31.8. The molecular weight excluding hydrogens is 543 g/mol. The van der Waals surface area contributed by atoms with Crippen LogP contribution in [0.2, 0.25) is 0 Å². The summed E-state index contributed by atoms with van der Waals surface area (Å²) >= 11 is 0. The van der Waals surface area contributed by atoms with Crippen molar-refractivity contribution in [2.75, 3.05) is 0 Å². The first-order chi connectivity index (χ1) is 20.1. The minimum atomic E-state index is -1.17. The molecule has 2 atom stereocenters. The van der Waals surface area contributed by atoms with Crippen LogP contribution in [-0.2, 0) is 27.6 Å². The summed E-state index contributed by atoms with van der Waals surface area (Å²) in [6.07, 6.45) is 0.682. The fraction of sp³-hybridized carbons (Fsp3) is 0.281. The van der Waals surface area contributed by atoms with Gasteiger partial charge in [-0.15, -0.1) is 10.1 Å². The summed E-state index contributed by atoms with van der Waals surface area (Å²) in [4.78, 5) is 27.3. The van der Waals surface area contributed by atoms with Crippen molar-refractivity contribution in [1.82, 2.24) is 4.57 Å². The zero-order valence-corrected chi connectivity index (χ0v) is 23.4. The Morgan fingerprint density at radius 3 is 2.31 bits per heavy atom. The van der Waals surface area contributed by atoms with Crippen molar-refractivity contribution in [3.63, 3.8) is 0 Å². The van der Waals surface area contributed by atoms with Crippen LogP contribution >= 0.6 is 0 Å². The first-order valence-electron chi connectivity index (χ1n) is 13.6. The zero-order chi connectivity index (χ0) is 30.2. The second-order valence-electron chi connectivity index (χ2n) is 10.2. The fourth-order valence-corrected chi connectivity index (χ4v) is 4.94. The quantitative estimate of drug-likeness (QED) is 0.114. The molecule has 0 fully saturated rings. The number of fused-ring (bicyclic) bond motifs is 1. The first-order valence-corrected chi connectivity index (χ1v) is 13.6. The molecule has 220 valence electrons. The Balaban J connectivity index is 1.44. The van der Waals surface area contributed by atoms with Crippen LogP contribution in [0.3, 0.4) is 0 Å². The molecule has 9 nitrogen and oxygen atoms in total. The maximum Gasteiger partial charge on any atom is 0.308 e. The molecule has 0 unspecified atom stereocenters.